The molecule has 0 fully saturated rings. The number of fused-ring (bicyclic) bond motifs is 3. The number of hydrogen-bond donors (Lipinski definition) is 0. The van der Waals surface area contributed by atoms with Gasteiger partial charge in [-0.3, -0.25) is 0 Å². The lowest BCUT2D eigenvalue weighted by molar-refractivity contribution is 0.447. The number of hydrogen-bond acceptors (Lipinski definition) is 7. The monoisotopic (exact) mass is 515 g/mol. The Labute approximate surface area is 217 Å². The van der Waals surface area contributed by atoms with Crippen molar-refractivity contribution in [3.63, 3.8) is 0 Å². The summed E-state index contributed by atoms with van der Waals surface area (Å²) in [6.45, 7) is 1.34. The minimum Gasteiger partial charge on any atom is -0.203 e. The van der Waals surface area contributed by atoms with E-state index in [9.17, 15) is 40.4 Å². The Morgan fingerprint density at radius 1 is 0.564 bits per heavy atom. The van der Waals surface area contributed by atoms with Crippen LogP contribution in [0.4, 0.5) is 17.6 Å². The first-order chi connectivity index (χ1) is 18.7. The van der Waals surface area contributed by atoms with Crippen LogP contribution in [0.5, 0.6) is 0 Å². The summed E-state index contributed by atoms with van der Waals surface area (Å²) < 4.78 is 59.5. The number of benzene rings is 3. The van der Waals surface area contributed by atoms with Crippen molar-refractivity contribution in [2.45, 2.75) is 6.92 Å². The highest BCUT2D eigenvalue weighted by molar-refractivity contribution is 6.16. The van der Waals surface area contributed by atoms with E-state index < -0.39 is 56.7 Å². The number of nitriles is 7. The smallest absolute Gasteiger partial charge is 0.180 e. The van der Waals surface area contributed by atoms with Crippen LogP contribution in [0.15, 0.2) is 12.1 Å². The molecule has 0 unspecified atom stereocenters. The van der Waals surface area contributed by atoms with Gasteiger partial charge in [0.2, 0.25) is 0 Å². The van der Waals surface area contributed by atoms with E-state index in [1.54, 1.807) is 18.2 Å². The Bertz CT molecular complexity index is 2010. The van der Waals surface area contributed by atoms with Crippen molar-refractivity contribution in [3.05, 3.63) is 91.0 Å². The number of rotatable bonds is 1. The fraction of sp³-hybridized carbons (Fsp3) is 0.0357. The Hall–Kier alpha value is -6.45. The van der Waals surface area contributed by atoms with E-state index in [0.29, 0.717) is 0 Å². The normalized spacial score (nSPS) is 11.8. The van der Waals surface area contributed by atoms with Gasteiger partial charge in [0.05, 0.1) is 39.0 Å². The van der Waals surface area contributed by atoms with Gasteiger partial charge in [0.15, 0.2) is 23.3 Å². The van der Waals surface area contributed by atoms with Crippen LogP contribution in [-0.2, 0) is 0 Å². The largest absolute Gasteiger partial charge is 0.203 e. The molecule has 0 N–H and O–H groups in total. The lowest BCUT2D eigenvalue weighted by Gasteiger charge is -2.15. The van der Waals surface area contributed by atoms with Gasteiger partial charge >= 0.3 is 0 Å². The second-order valence-electron chi connectivity index (χ2n) is 7.98. The zero-order valence-corrected chi connectivity index (χ0v) is 19.3. The van der Waals surface area contributed by atoms with Gasteiger partial charge in [-0.15, -0.1) is 0 Å². The van der Waals surface area contributed by atoms with Crippen molar-refractivity contribution in [3.8, 4) is 53.6 Å². The van der Waals surface area contributed by atoms with E-state index >= 15 is 8.78 Å². The first kappa shape index (κ1) is 25.6. The molecule has 0 saturated carbocycles. The number of halogens is 4. The summed E-state index contributed by atoms with van der Waals surface area (Å²) in [4.78, 5) is 0. The van der Waals surface area contributed by atoms with E-state index in [-0.39, 0.29) is 44.5 Å². The van der Waals surface area contributed by atoms with Crippen LogP contribution in [-0.4, -0.2) is 0 Å². The third kappa shape index (κ3) is 3.29. The standard InChI is InChI=1S/C28H5F4N7/c1-11-16(6-35)12(4-33)2-14-15-3-13(5-34)17(7-36)18(8-37)22(15)23(21(11)14)19(9-38)24-27(31)25(29)20(10-39)26(30)28(24)32/h2-3H,1H3/b23-19+. The molecule has 0 radical (unpaired) electrons. The number of nitrogens with zero attached hydrogens (tertiary/aromatic N) is 7. The van der Waals surface area contributed by atoms with Crippen molar-refractivity contribution in [2.24, 2.45) is 0 Å². The van der Waals surface area contributed by atoms with Gasteiger partial charge in [0.25, 0.3) is 0 Å². The Balaban J connectivity index is 2.41. The fourth-order valence-electron chi connectivity index (χ4n) is 4.62. The summed E-state index contributed by atoms with van der Waals surface area (Å²) in [5.74, 6) is -8.26. The van der Waals surface area contributed by atoms with Gasteiger partial charge in [-0.05, 0) is 41.3 Å². The highest BCUT2D eigenvalue weighted by atomic mass is 19.2. The molecule has 11 heteroatoms. The molecule has 7 nitrogen and oxygen atoms in total. The molecular weight excluding hydrogens is 510 g/mol. The molecule has 0 amide bonds. The molecule has 0 spiro atoms. The van der Waals surface area contributed by atoms with Crippen molar-refractivity contribution >= 4 is 11.1 Å². The summed E-state index contributed by atoms with van der Waals surface area (Å²) in [5.41, 5.74) is -6.36. The topological polar surface area (TPSA) is 167 Å². The minimum absolute atomic E-state index is 0.000606. The van der Waals surface area contributed by atoms with Crippen molar-refractivity contribution < 1.29 is 17.6 Å². The van der Waals surface area contributed by atoms with Gasteiger partial charge in [-0.1, -0.05) is 0 Å². The third-order valence-corrected chi connectivity index (χ3v) is 6.26. The highest BCUT2D eigenvalue weighted by Gasteiger charge is 2.38. The zero-order valence-electron chi connectivity index (χ0n) is 19.3. The van der Waals surface area contributed by atoms with Crippen LogP contribution in [0.1, 0.15) is 55.6 Å². The molecule has 3 aromatic carbocycles. The highest BCUT2D eigenvalue weighted by Crippen LogP contribution is 2.52. The molecule has 0 bridgehead atoms. The van der Waals surface area contributed by atoms with Gasteiger partial charge < -0.3 is 0 Å². The Morgan fingerprint density at radius 3 is 1.46 bits per heavy atom. The van der Waals surface area contributed by atoms with E-state index in [0.717, 1.165) is 12.1 Å². The van der Waals surface area contributed by atoms with E-state index in [2.05, 4.69) is 0 Å². The summed E-state index contributed by atoms with van der Waals surface area (Å²) >= 11 is 0. The molecule has 0 aliphatic heterocycles. The van der Waals surface area contributed by atoms with Gasteiger partial charge in [0.1, 0.15) is 48.0 Å². The van der Waals surface area contributed by atoms with E-state index in [1.165, 1.54) is 19.1 Å². The average Bonchev–Trinajstić information content (AvgIpc) is 3.26. The predicted octanol–water partition coefficient (Wildman–Crippen LogP) is 5.24. The second kappa shape index (κ2) is 9.21. The molecular formula is C28H5F4N7. The van der Waals surface area contributed by atoms with Crippen molar-refractivity contribution in [1.82, 2.24) is 0 Å². The van der Waals surface area contributed by atoms with Gasteiger partial charge in [0, 0.05) is 11.1 Å². The molecule has 0 aromatic heterocycles. The minimum atomic E-state index is -2.07. The quantitative estimate of drug-likeness (QED) is 0.190. The SMILES string of the molecule is Cc1c(C#N)c(C#N)cc2c1/C(=C(/C#N)c1c(F)c(F)c(C#N)c(F)c1F)c1c-2cc(C#N)c(C#N)c1C#N. The lowest BCUT2D eigenvalue weighted by Crippen LogP contribution is -2.08. The molecule has 0 heterocycles. The summed E-state index contributed by atoms with van der Waals surface area (Å²) in [5, 5.41) is 67.5. The molecule has 180 valence electrons. The number of allylic oxidation sites excluding steroid dienone is 1. The summed E-state index contributed by atoms with van der Waals surface area (Å²) in [6, 6.07) is 13.7. The fourth-order valence-corrected chi connectivity index (χ4v) is 4.62. The Morgan fingerprint density at radius 2 is 1.03 bits per heavy atom. The van der Waals surface area contributed by atoms with Crippen LogP contribution in [0.2, 0.25) is 0 Å². The first-order valence-corrected chi connectivity index (χ1v) is 10.5. The second-order valence-corrected chi connectivity index (χ2v) is 7.98. The van der Waals surface area contributed by atoms with Crippen molar-refractivity contribution in [2.75, 3.05) is 0 Å². The molecule has 4 rings (SSSR count). The van der Waals surface area contributed by atoms with Crippen molar-refractivity contribution in [1.29, 1.82) is 36.8 Å². The maximum Gasteiger partial charge on any atom is 0.180 e. The van der Waals surface area contributed by atoms with E-state index in [4.69, 9.17) is 5.26 Å². The molecule has 39 heavy (non-hydrogen) atoms. The summed E-state index contributed by atoms with van der Waals surface area (Å²) in [7, 11) is 0. The lowest BCUT2D eigenvalue weighted by atomic mass is 9.86. The zero-order chi connectivity index (χ0) is 28.8. The molecule has 3 aromatic rings. The molecule has 0 saturated heterocycles. The van der Waals surface area contributed by atoms with Crippen LogP contribution in [0, 0.1) is 110 Å². The molecule has 1 aliphatic rings. The maximum atomic E-state index is 15.2. The summed E-state index contributed by atoms with van der Waals surface area (Å²) in [6.07, 6.45) is 0. The molecule has 1 aliphatic carbocycles. The van der Waals surface area contributed by atoms with Crippen LogP contribution in [0.3, 0.4) is 0 Å². The third-order valence-electron chi connectivity index (χ3n) is 6.26. The predicted molar refractivity (Wildman–Crippen MR) is 123 cm³/mol. The van der Waals surface area contributed by atoms with Crippen LogP contribution in [0.25, 0.3) is 22.3 Å². The average molecular weight is 515 g/mol. The molecule has 0 atom stereocenters. The van der Waals surface area contributed by atoms with Crippen LogP contribution >= 0.6 is 0 Å². The Kier molecular flexibility index (Phi) is 6.05. The van der Waals surface area contributed by atoms with E-state index in [1.807, 2.05) is 12.1 Å². The van der Waals surface area contributed by atoms with Gasteiger partial charge in [-0.2, -0.15) is 36.8 Å². The van der Waals surface area contributed by atoms with Gasteiger partial charge in [-0.25, -0.2) is 17.6 Å². The first-order valence-electron chi connectivity index (χ1n) is 10.5. The maximum absolute atomic E-state index is 15.2. The van der Waals surface area contributed by atoms with Crippen LogP contribution < -0.4 is 0 Å².